The molecule has 0 aliphatic carbocycles. The van der Waals surface area contributed by atoms with Crippen LogP contribution in [-0.4, -0.2) is 12.4 Å². The smallest absolute Gasteiger partial charge is 0.184 e. The molecule has 0 aliphatic rings. The number of hydrogen-bond acceptors (Lipinski definition) is 1. The lowest BCUT2D eigenvalue weighted by Gasteiger charge is -2.06. The fraction of sp³-hybridized carbons (Fsp3) is 0.143. The minimum Gasteiger partial charge on any atom is -0.508 e. The third-order valence-corrected chi connectivity index (χ3v) is 2.31. The van der Waals surface area contributed by atoms with Crippen LogP contribution in [0.2, 0.25) is 0 Å². The Bertz CT molecular complexity index is 478. The van der Waals surface area contributed by atoms with Gasteiger partial charge in [-0.05, 0) is 30.7 Å². The first kappa shape index (κ1) is 12.2. The van der Waals surface area contributed by atoms with Crippen molar-refractivity contribution in [2.75, 3.05) is 0 Å². The maximum atomic E-state index is 9.50. The van der Waals surface area contributed by atoms with E-state index in [1.54, 1.807) is 12.1 Å². The average molecular weight is 209 g/mol. The van der Waals surface area contributed by atoms with Crippen molar-refractivity contribution in [3.05, 3.63) is 47.5 Å². The van der Waals surface area contributed by atoms with E-state index in [2.05, 4.69) is 12.5 Å². The fourth-order valence-corrected chi connectivity index (χ4v) is 1.32. The molecule has 0 amide bonds. The zero-order valence-electron chi connectivity index (χ0n) is 9.62. The van der Waals surface area contributed by atoms with Gasteiger partial charge in [0, 0.05) is 5.56 Å². The Balaban J connectivity index is 3.01. The Labute approximate surface area is 97.8 Å². The molecule has 16 heavy (non-hydrogen) atoms. The molecule has 0 saturated heterocycles. The van der Waals surface area contributed by atoms with Gasteiger partial charge in [-0.1, -0.05) is 24.4 Å². The molecule has 0 aromatic heterocycles. The molecule has 0 saturated carbocycles. The second kappa shape index (κ2) is 5.28. The van der Waals surface area contributed by atoms with Gasteiger partial charge in [-0.15, -0.1) is 18.5 Å². The highest BCUT2D eigenvalue weighted by atomic mass is 16.3. The highest BCUT2D eigenvalue weighted by Crippen LogP contribution is 2.21. The molecule has 0 spiro atoms. The SMILES string of the molecule is C#Cc1cc(O)cc(C(=C)[B]/C(C)=C\C)c1. The predicted octanol–water partition coefficient (Wildman–Crippen LogP) is 2.97. The van der Waals surface area contributed by atoms with Crippen LogP contribution in [0.25, 0.3) is 5.47 Å². The zero-order chi connectivity index (χ0) is 12.1. The minimum atomic E-state index is 0.165. The second-order valence-electron chi connectivity index (χ2n) is 3.62. The van der Waals surface area contributed by atoms with Crippen LogP contribution in [0, 0.1) is 12.3 Å². The van der Waals surface area contributed by atoms with E-state index < -0.39 is 0 Å². The van der Waals surface area contributed by atoms with Crippen molar-refractivity contribution in [3.8, 4) is 18.1 Å². The van der Waals surface area contributed by atoms with Crippen molar-refractivity contribution in [2.24, 2.45) is 0 Å². The van der Waals surface area contributed by atoms with Crippen LogP contribution in [0.4, 0.5) is 0 Å². The summed E-state index contributed by atoms with van der Waals surface area (Å²) < 4.78 is 0. The van der Waals surface area contributed by atoms with Gasteiger partial charge in [-0.3, -0.25) is 0 Å². The molecule has 0 heterocycles. The van der Waals surface area contributed by atoms with E-state index in [1.165, 1.54) is 0 Å². The average Bonchev–Trinajstić information content (AvgIpc) is 2.27. The van der Waals surface area contributed by atoms with Gasteiger partial charge in [-0.2, -0.15) is 0 Å². The van der Waals surface area contributed by atoms with E-state index in [0.717, 1.165) is 16.5 Å². The van der Waals surface area contributed by atoms with Gasteiger partial charge in [0.15, 0.2) is 7.28 Å². The van der Waals surface area contributed by atoms with Gasteiger partial charge in [0.2, 0.25) is 0 Å². The standard InChI is InChI=1S/C14H14BO/c1-5-10(3)15-11(4)13-7-12(6-2)8-14(16)9-13/h2,5,7-9,16H,4H2,1,3H3/b10-5-. The van der Waals surface area contributed by atoms with Crippen molar-refractivity contribution in [3.63, 3.8) is 0 Å². The summed E-state index contributed by atoms with van der Waals surface area (Å²) in [5, 5.41) is 9.50. The predicted molar refractivity (Wildman–Crippen MR) is 70.3 cm³/mol. The molecular weight excluding hydrogens is 195 g/mol. The summed E-state index contributed by atoms with van der Waals surface area (Å²) in [6.45, 7) is 7.92. The van der Waals surface area contributed by atoms with Gasteiger partial charge >= 0.3 is 0 Å². The van der Waals surface area contributed by atoms with Crippen LogP contribution in [0.5, 0.6) is 5.75 Å². The van der Waals surface area contributed by atoms with Gasteiger partial charge in [0.1, 0.15) is 5.75 Å². The lowest BCUT2D eigenvalue weighted by Crippen LogP contribution is -1.97. The molecular formula is C14H14BO. The first-order valence-corrected chi connectivity index (χ1v) is 5.04. The zero-order valence-corrected chi connectivity index (χ0v) is 9.62. The third-order valence-electron chi connectivity index (χ3n) is 2.31. The quantitative estimate of drug-likeness (QED) is 0.599. The van der Waals surface area contributed by atoms with Gasteiger partial charge in [0.05, 0.1) is 0 Å². The first-order valence-electron chi connectivity index (χ1n) is 5.04. The summed E-state index contributed by atoms with van der Waals surface area (Å²) in [5.74, 6) is 2.67. The molecule has 0 atom stereocenters. The Hall–Kier alpha value is -1.88. The molecule has 1 radical (unpaired) electrons. The van der Waals surface area contributed by atoms with Crippen molar-refractivity contribution < 1.29 is 5.11 Å². The normalized spacial score (nSPS) is 10.7. The van der Waals surface area contributed by atoms with Crippen LogP contribution in [0.1, 0.15) is 25.0 Å². The number of hydrogen-bond donors (Lipinski definition) is 1. The third kappa shape index (κ3) is 3.07. The fourth-order valence-electron chi connectivity index (χ4n) is 1.32. The van der Waals surface area contributed by atoms with E-state index in [0.29, 0.717) is 5.56 Å². The van der Waals surface area contributed by atoms with Crippen molar-refractivity contribution in [1.29, 1.82) is 0 Å². The number of aromatic hydroxyl groups is 1. The maximum absolute atomic E-state index is 9.50. The molecule has 0 aliphatic heterocycles. The number of terminal acetylenes is 1. The monoisotopic (exact) mass is 209 g/mol. The summed E-state index contributed by atoms with van der Waals surface area (Å²) >= 11 is 0. The molecule has 79 valence electrons. The molecule has 1 nitrogen and oxygen atoms in total. The number of phenols is 1. The largest absolute Gasteiger partial charge is 0.508 e. The van der Waals surface area contributed by atoms with Crippen LogP contribution in [0.15, 0.2) is 36.3 Å². The Kier molecular flexibility index (Phi) is 4.02. The Morgan fingerprint density at radius 3 is 2.75 bits per heavy atom. The molecule has 1 aromatic carbocycles. The van der Waals surface area contributed by atoms with Crippen LogP contribution in [-0.2, 0) is 0 Å². The van der Waals surface area contributed by atoms with Gasteiger partial charge in [-0.25, -0.2) is 0 Å². The van der Waals surface area contributed by atoms with Crippen molar-refractivity contribution in [1.82, 2.24) is 0 Å². The van der Waals surface area contributed by atoms with Crippen molar-refractivity contribution >= 4 is 12.8 Å². The molecule has 0 fully saturated rings. The Morgan fingerprint density at radius 2 is 2.19 bits per heavy atom. The molecule has 1 aromatic rings. The van der Waals surface area contributed by atoms with Gasteiger partial charge < -0.3 is 5.11 Å². The van der Waals surface area contributed by atoms with Crippen LogP contribution < -0.4 is 0 Å². The number of rotatable bonds is 3. The summed E-state index contributed by atoms with van der Waals surface area (Å²) in [6, 6.07) is 5.05. The van der Waals surface area contributed by atoms with Crippen LogP contribution >= 0.6 is 0 Å². The Morgan fingerprint density at radius 1 is 1.50 bits per heavy atom. The highest BCUT2D eigenvalue weighted by molar-refractivity contribution is 6.67. The molecule has 0 bridgehead atoms. The summed E-state index contributed by atoms with van der Waals surface area (Å²) in [7, 11) is 1.95. The number of allylic oxidation sites excluding steroid dienone is 2. The van der Waals surface area contributed by atoms with E-state index in [4.69, 9.17) is 6.42 Å². The molecule has 1 N–H and O–H groups in total. The van der Waals surface area contributed by atoms with E-state index in [1.807, 2.05) is 33.3 Å². The molecule has 2 heteroatoms. The molecule has 1 rings (SSSR count). The number of phenolic OH excluding ortho intramolecular Hbond substituents is 1. The first-order chi connectivity index (χ1) is 7.56. The maximum Gasteiger partial charge on any atom is 0.184 e. The summed E-state index contributed by atoms with van der Waals surface area (Å²) in [6.07, 6.45) is 7.30. The van der Waals surface area contributed by atoms with E-state index in [9.17, 15) is 5.11 Å². The topological polar surface area (TPSA) is 20.2 Å². The van der Waals surface area contributed by atoms with E-state index >= 15 is 0 Å². The van der Waals surface area contributed by atoms with Gasteiger partial charge in [0.25, 0.3) is 0 Å². The lowest BCUT2D eigenvalue weighted by atomic mass is 9.61. The minimum absolute atomic E-state index is 0.165. The van der Waals surface area contributed by atoms with E-state index in [-0.39, 0.29) is 5.75 Å². The summed E-state index contributed by atoms with van der Waals surface area (Å²) in [4.78, 5) is 0. The van der Waals surface area contributed by atoms with Crippen LogP contribution in [0.3, 0.4) is 0 Å². The number of benzene rings is 1. The molecule has 0 unspecified atom stereocenters. The second-order valence-corrected chi connectivity index (χ2v) is 3.62. The summed E-state index contributed by atoms with van der Waals surface area (Å²) in [5.41, 5.74) is 3.45. The lowest BCUT2D eigenvalue weighted by molar-refractivity contribution is 0.475. The highest BCUT2D eigenvalue weighted by Gasteiger charge is 2.04. The van der Waals surface area contributed by atoms with Crippen molar-refractivity contribution in [2.45, 2.75) is 13.8 Å².